The smallest absolute Gasteiger partial charge is 0.306 e. The second kappa shape index (κ2) is 5.17. The fraction of sp³-hybridized carbons (Fsp3) is 0. The molecule has 8 nitrogen and oxygen atoms in total. The Labute approximate surface area is 124 Å². The molecule has 3 N–H and O–H groups in total. The molecule has 0 atom stereocenters. The van der Waals surface area contributed by atoms with Gasteiger partial charge in [0.05, 0.1) is 5.69 Å². The van der Waals surface area contributed by atoms with Gasteiger partial charge in [-0.2, -0.15) is 5.01 Å². The van der Waals surface area contributed by atoms with Crippen LogP contribution in [-0.2, 0) is 9.59 Å². The fourth-order valence-corrected chi connectivity index (χ4v) is 2.09. The van der Waals surface area contributed by atoms with Crippen LogP contribution in [0.4, 0.5) is 15.3 Å². The Bertz CT molecular complexity index is 812. The fourth-order valence-electron chi connectivity index (χ4n) is 2.09. The van der Waals surface area contributed by atoms with Crippen LogP contribution in [-0.4, -0.2) is 28.9 Å². The lowest BCUT2D eigenvalue weighted by atomic mass is 10.1. The first-order chi connectivity index (χ1) is 10.6. The number of carbonyl (C=O) groups excluding carboxylic acids is 4. The lowest BCUT2D eigenvalue weighted by Gasteiger charge is -2.14. The molecule has 1 fully saturated rings. The van der Waals surface area contributed by atoms with Crippen LogP contribution in [0, 0.1) is 0 Å². The number of rotatable bonds is 2. The maximum absolute atomic E-state index is 11.9. The summed E-state index contributed by atoms with van der Waals surface area (Å²) in [4.78, 5) is 45.6. The standard InChI is InChI=1S/C14H10N4O4/c19-11-12(20)18(14(22)16-11)17-13(21)15-10-7-3-5-8-4-1-2-6-9(8)10/h1-7H,(H2,15,17,21)(H,16,19,22). The number of hydrogen-bond donors (Lipinski definition) is 3. The van der Waals surface area contributed by atoms with Crippen LogP contribution < -0.4 is 16.1 Å². The molecule has 8 heteroatoms. The first-order valence-electron chi connectivity index (χ1n) is 6.31. The monoisotopic (exact) mass is 298 g/mol. The number of hydrogen-bond acceptors (Lipinski definition) is 4. The molecule has 1 heterocycles. The van der Waals surface area contributed by atoms with Gasteiger partial charge in [0, 0.05) is 5.39 Å². The molecule has 1 aliphatic rings. The minimum Gasteiger partial charge on any atom is -0.306 e. The lowest BCUT2D eigenvalue weighted by molar-refractivity contribution is -0.140. The van der Waals surface area contributed by atoms with Crippen LogP contribution in [0.15, 0.2) is 42.5 Å². The number of amides is 6. The average molecular weight is 298 g/mol. The highest BCUT2D eigenvalue weighted by atomic mass is 16.2. The number of benzene rings is 2. The molecule has 0 bridgehead atoms. The average Bonchev–Trinajstić information content (AvgIpc) is 2.74. The third kappa shape index (κ3) is 2.33. The van der Waals surface area contributed by atoms with Crippen molar-refractivity contribution in [2.45, 2.75) is 0 Å². The Balaban J connectivity index is 1.78. The van der Waals surface area contributed by atoms with E-state index in [4.69, 9.17) is 0 Å². The van der Waals surface area contributed by atoms with Crippen molar-refractivity contribution in [3.63, 3.8) is 0 Å². The second-order valence-electron chi connectivity index (χ2n) is 4.49. The van der Waals surface area contributed by atoms with Gasteiger partial charge in [0.2, 0.25) is 0 Å². The highest BCUT2D eigenvalue weighted by Gasteiger charge is 2.38. The Morgan fingerprint density at radius 3 is 2.45 bits per heavy atom. The summed E-state index contributed by atoms with van der Waals surface area (Å²) >= 11 is 0. The Hall–Kier alpha value is -3.42. The van der Waals surface area contributed by atoms with Crippen molar-refractivity contribution in [2.24, 2.45) is 0 Å². The van der Waals surface area contributed by atoms with E-state index in [9.17, 15) is 19.2 Å². The van der Waals surface area contributed by atoms with Gasteiger partial charge in [-0.1, -0.05) is 36.4 Å². The minimum atomic E-state index is -1.14. The number of carbonyl (C=O) groups is 4. The number of fused-ring (bicyclic) bond motifs is 1. The summed E-state index contributed by atoms with van der Waals surface area (Å²) in [6, 6.07) is 10.9. The quantitative estimate of drug-likeness (QED) is 0.566. The van der Waals surface area contributed by atoms with Crippen LogP contribution >= 0.6 is 0 Å². The van der Waals surface area contributed by atoms with Crippen molar-refractivity contribution in [3.8, 4) is 0 Å². The molecule has 0 aliphatic carbocycles. The zero-order valence-corrected chi connectivity index (χ0v) is 11.1. The zero-order chi connectivity index (χ0) is 15.7. The predicted molar refractivity (Wildman–Crippen MR) is 76.5 cm³/mol. The number of anilines is 1. The van der Waals surface area contributed by atoms with Crippen LogP contribution in [0.25, 0.3) is 10.8 Å². The second-order valence-corrected chi connectivity index (χ2v) is 4.49. The highest BCUT2D eigenvalue weighted by Crippen LogP contribution is 2.22. The highest BCUT2D eigenvalue weighted by molar-refractivity contribution is 6.44. The Morgan fingerprint density at radius 1 is 1.00 bits per heavy atom. The largest absolute Gasteiger partial charge is 0.350 e. The first-order valence-corrected chi connectivity index (χ1v) is 6.31. The molecule has 0 radical (unpaired) electrons. The van der Waals surface area contributed by atoms with Gasteiger partial charge in [-0.05, 0) is 11.5 Å². The number of nitrogens with zero attached hydrogens (tertiary/aromatic N) is 1. The number of urea groups is 2. The third-order valence-corrected chi connectivity index (χ3v) is 3.07. The predicted octanol–water partition coefficient (Wildman–Crippen LogP) is 0.955. The van der Waals surface area contributed by atoms with Gasteiger partial charge in [0.15, 0.2) is 0 Å². The SMILES string of the molecule is O=C(Nc1cccc2ccccc12)NN1C(=O)NC(=O)C1=O. The lowest BCUT2D eigenvalue weighted by Crippen LogP contribution is -2.48. The first kappa shape index (κ1) is 13.6. The molecule has 0 unspecified atom stereocenters. The van der Waals surface area contributed by atoms with Crippen LogP contribution in [0.3, 0.4) is 0 Å². The maximum atomic E-state index is 11.9. The maximum Gasteiger partial charge on any atom is 0.350 e. The van der Waals surface area contributed by atoms with E-state index in [0.717, 1.165) is 10.8 Å². The van der Waals surface area contributed by atoms with Crippen LogP contribution in [0.2, 0.25) is 0 Å². The Kier molecular flexibility index (Phi) is 3.18. The number of nitrogens with one attached hydrogen (secondary N) is 3. The third-order valence-electron chi connectivity index (χ3n) is 3.07. The molecule has 0 aromatic heterocycles. The van der Waals surface area contributed by atoms with Crippen LogP contribution in [0.5, 0.6) is 0 Å². The molecule has 1 saturated heterocycles. The van der Waals surface area contributed by atoms with E-state index in [1.165, 1.54) is 0 Å². The number of hydrazine groups is 1. The molecule has 3 rings (SSSR count). The van der Waals surface area contributed by atoms with Crippen molar-refractivity contribution >= 4 is 40.3 Å². The van der Waals surface area contributed by atoms with E-state index in [-0.39, 0.29) is 0 Å². The molecule has 6 amide bonds. The summed E-state index contributed by atoms with van der Waals surface area (Å²) in [7, 11) is 0. The van der Waals surface area contributed by atoms with E-state index in [1.54, 1.807) is 17.4 Å². The van der Waals surface area contributed by atoms with Crippen molar-refractivity contribution in [3.05, 3.63) is 42.5 Å². The van der Waals surface area contributed by atoms with Crippen molar-refractivity contribution in [1.29, 1.82) is 0 Å². The number of imide groups is 2. The van der Waals surface area contributed by atoms with E-state index < -0.39 is 23.9 Å². The topological polar surface area (TPSA) is 108 Å². The van der Waals surface area contributed by atoms with E-state index >= 15 is 0 Å². The zero-order valence-electron chi connectivity index (χ0n) is 11.1. The molecular formula is C14H10N4O4. The van der Waals surface area contributed by atoms with Gasteiger partial charge in [-0.25, -0.2) is 15.0 Å². The van der Waals surface area contributed by atoms with E-state index in [0.29, 0.717) is 10.7 Å². The van der Waals surface area contributed by atoms with E-state index in [1.807, 2.05) is 35.8 Å². The van der Waals surface area contributed by atoms with Crippen LogP contribution in [0.1, 0.15) is 0 Å². The summed E-state index contributed by atoms with van der Waals surface area (Å²) in [5.41, 5.74) is 2.53. The van der Waals surface area contributed by atoms with Gasteiger partial charge in [0.25, 0.3) is 0 Å². The minimum absolute atomic E-state index is 0.322. The molecule has 0 spiro atoms. The molecule has 22 heavy (non-hydrogen) atoms. The normalized spacial score (nSPS) is 14.2. The van der Waals surface area contributed by atoms with Gasteiger partial charge in [-0.3, -0.25) is 14.9 Å². The summed E-state index contributed by atoms with van der Waals surface area (Å²) in [6.45, 7) is 0. The molecule has 110 valence electrons. The van der Waals surface area contributed by atoms with Gasteiger partial charge >= 0.3 is 23.9 Å². The van der Waals surface area contributed by atoms with Crippen molar-refractivity contribution in [1.82, 2.24) is 15.8 Å². The molecule has 1 aliphatic heterocycles. The molecule has 2 aromatic carbocycles. The van der Waals surface area contributed by atoms with Crippen molar-refractivity contribution in [2.75, 3.05) is 5.32 Å². The molecular weight excluding hydrogens is 288 g/mol. The van der Waals surface area contributed by atoms with Gasteiger partial charge in [-0.15, -0.1) is 0 Å². The molecule has 0 saturated carbocycles. The summed E-state index contributed by atoms with van der Waals surface area (Å²) in [5.74, 6) is -2.23. The Morgan fingerprint density at radius 2 is 1.73 bits per heavy atom. The summed E-state index contributed by atoms with van der Waals surface area (Å²) in [5, 5.41) is 6.35. The van der Waals surface area contributed by atoms with Gasteiger partial charge in [0.1, 0.15) is 0 Å². The van der Waals surface area contributed by atoms with Gasteiger partial charge < -0.3 is 5.32 Å². The summed E-state index contributed by atoms with van der Waals surface area (Å²) in [6.07, 6.45) is 0. The molecule has 2 aromatic rings. The summed E-state index contributed by atoms with van der Waals surface area (Å²) < 4.78 is 0. The van der Waals surface area contributed by atoms with E-state index in [2.05, 4.69) is 5.32 Å². The van der Waals surface area contributed by atoms with Crippen molar-refractivity contribution < 1.29 is 19.2 Å².